The molecule has 0 saturated heterocycles. The molecule has 0 aliphatic carbocycles. The molecule has 0 amide bonds. The van der Waals surface area contributed by atoms with E-state index in [-0.39, 0.29) is 18.0 Å². The molecule has 1 aliphatic rings. The third kappa shape index (κ3) is 2.75. The summed E-state index contributed by atoms with van der Waals surface area (Å²) in [5.41, 5.74) is 0.896. The van der Waals surface area contributed by atoms with Gasteiger partial charge in [0, 0.05) is 11.6 Å². The Bertz CT molecular complexity index is 830. The van der Waals surface area contributed by atoms with Crippen molar-refractivity contribution in [2.75, 3.05) is 24.6 Å². The molecule has 2 aromatic carbocycles. The van der Waals surface area contributed by atoms with Crippen LogP contribution >= 0.6 is 0 Å². The number of rotatable bonds is 4. The standard InChI is InChI=1S/C16H15NO5S/c1-21-13-4-7-15-16(10-13)22-9-8-17(15)23(19,20)14-5-2-12(11-18)3-6-14/h2-7,10-11H,8-9H2,1H3. The average Bonchev–Trinajstić information content (AvgIpc) is 2.60. The Labute approximate surface area is 134 Å². The second-order valence-electron chi connectivity index (χ2n) is 4.95. The molecule has 1 aliphatic heterocycles. The molecule has 0 aromatic heterocycles. The fourth-order valence-electron chi connectivity index (χ4n) is 2.40. The van der Waals surface area contributed by atoms with Gasteiger partial charge >= 0.3 is 0 Å². The number of aldehydes is 1. The van der Waals surface area contributed by atoms with Gasteiger partial charge in [0.1, 0.15) is 24.4 Å². The van der Waals surface area contributed by atoms with E-state index in [9.17, 15) is 13.2 Å². The van der Waals surface area contributed by atoms with Crippen LogP contribution < -0.4 is 13.8 Å². The zero-order valence-corrected chi connectivity index (χ0v) is 13.2. The minimum Gasteiger partial charge on any atom is -0.497 e. The molecule has 0 spiro atoms. The summed E-state index contributed by atoms with van der Waals surface area (Å²) in [7, 11) is -2.19. The quantitative estimate of drug-likeness (QED) is 0.801. The Balaban J connectivity index is 2.03. The zero-order chi connectivity index (χ0) is 16.4. The predicted octanol–water partition coefficient (Wildman–Crippen LogP) is 2.10. The van der Waals surface area contributed by atoms with E-state index in [0.29, 0.717) is 29.0 Å². The molecule has 0 atom stereocenters. The highest BCUT2D eigenvalue weighted by Crippen LogP contribution is 2.37. The maximum absolute atomic E-state index is 12.9. The van der Waals surface area contributed by atoms with Crippen LogP contribution in [0.2, 0.25) is 0 Å². The molecular formula is C16H15NO5S. The minimum atomic E-state index is -3.72. The molecule has 6 nitrogen and oxygen atoms in total. The Morgan fingerprint density at radius 1 is 1.17 bits per heavy atom. The molecule has 0 fully saturated rings. The number of anilines is 1. The molecule has 0 saturated carbocycles. The summed E-state index contributed by atoms with van der Waals surface area (Å²) in [4.78, 5) is 10.8. The van der Waals surface area contributed by atoms with Gasteiger partial charge in [-0.1, -0.05) is 12.1 Å². The molecule has 7 heteroatoms. The smallest absolute Gasteiger partial charge is 0.264 e. The first-order chi connectivity index (χ1) is 11.1. The maximum atomic E-state index is 12.9. The number of benzene rings is 2. The summed E-state index contributed by atoms with van der Waals surface area (Å²) in [5, 5.41) is 0. The van der Waals surface area contributed by atoms with E-state index in [1.165, 1.54) is 35.7 Å². The Morgan fingerprint density at radius 3 is 2.57 bits per heavy atom. The fourth-order valence-corrected chi connectivity index (χ4v) is 3.86. The van der Waals surface area contributed by atoms with Gasteiger partial charge in [-0.05, 0) is 24.3 Å². The van der Waals surface area contributed by atoms with Crippen molar-refractivity contribution in [1.29, 1.82) is 0 Å². The minimum absolute atomic E-state index is 0.131. The van der Waals surface area contributed by atoms with Crippen LogP contribution in [-0.2, 0) is 10.0 Å². The number of hydrogen-bond donors (Lipinski definition) is 0. The van der Waals surface area contributed by atoms with E-state index in [1.54, 1.807) is 18.2 Å². The summed E-state index contributed by atoms with van der Waals surface area (Å²) in [6.45, 7) is 0.475. The lowest BCUT2D eigenvalue weighted by Crippen LogP contribution is -2.37. The number of nitrogens with zero attached hydrogens (tertiary/aromatic N) is 1. The molecule has 1 heterocycles. The number of hydrogen-bond acceptors (Lipinski definition) is 5. The van der Waals surface area contributed by atoms with E-state index in [1.807, 2.05) is 0 Å². The van der Waals surface area contributed by atoms with Crippen molar-refractivity contribution in [3.63, 3.8) is 0 Å². The summed E-state index contributed by atoms with van der Waals surface area (Å²) in [6, 6.07) is 10.8. The van der Waals surface area contributed by atoms with E-state index in [4.69, 9.17) is 9.47 Å². The summed E-state index contributed by atoms with van der Waals surface area (Å²) >= 11 is 0. The van der Waals surface area contributed by atoms with Crippen molar-refractivity contribution in [2.45, 2.75) is 4.90 Å². The van der Waals surface area contributed by atoms with Gasteiger partial charge in [0.15, 0.2) is 0 Å². The molecule has 3 rings (SSSR count). The van der Waals surface area contributed by atoms with E-state index < -0.39 is 10.0 Å². The average molecular weight is 333 g/mol. The summed E-state index contributed by atoms with van der Waals surface area (Å²) < 4.78 is 37.7. The Morgan fingerprint density at radius 2 is 1.91 bits per heavy atom. The van der Waals surface area contributed by atoms with Gasteiger partial charge in [-0.3, -0.25) is 9.10 Å². The number of methoxy groups -OCH3 is 1. The van der Waals surface area contributed by atoms with Crippen LogP contribution in [0.15, 0.2) is 47.4 Å². The van der Waals surface area contributed by atoms with Crippen molar-refractivity contribution in [2.24, 2.45) is 0 Å². The fraction of sp³-hybridized carbons (Fsp3) is 0.188. The number of ether oxygens (including phenoxy) is 2. The first-order valence-corrected chi connectivity index (χ1v) is 8.39. The van der Waals surface area contributed by atoms with Crippen LogP contribution in [0.5, 0.6) is 11.5 Å². The largest absolute Gasteiger partial charge is 0.497 e. The van der Waals surface area contributed by atoms with Gasteiger partial charge in [-0.2, -0.15) is 0 Å². The summed E-state index contributed by atoms with van der Waals surface area (Å²) in [6.07, 6.45) is 0.673. The molecular weight excluding hydrogens is 318 g/mol. The van der Waals surface area contributed by atoms with Crippen molar-refractivity contribution in [3.05, 3.63) is 48.0 Å². The van der Waals surface area contributed by atoms with Crippen LogP contribution in [0, 0.1) is 0 Å². The zero-order valence-electron chi connectivity index (χ0n) is 12.4. The maximum Gasteiger partial charge on any atom is 0.264 e. The lowest BCUT2D eigenvalue weighted by molar-refractivity contribution is 0.112. The lowest BCUT2D eigenvalue weighted by atomic mass is 10.2. The molecule has 120 valence electrons. The van der Waals surface area contributed by atoms with Gasteiger partial charge in [-0.25, -0.2) is 8.42 Å². The van der Waals surface area contributed by atoms with Crippen LogP contribution in [0.1, 0.15) is 10.4 Å². The van der Waals surface area contributed by atoms with Gasteiger partial charge in [0.05, 0.1) is 24.2 Å². The van der Waals surface area contributed by atoms with Crippen LogP contribution in [-0.4, -0.2) is 35.0 Å². The third-order valence-electron chi connectivity index (χ3n) is 3.59. The van der Waals surface area contributed by atoms with E-state index in [0.717, 1.165) is 0 Å². The van der Waals surface area contributed by atoms with Crippen LogP contribution in [0.4, 0.5) is 5.69 Å². The molecule has 0 unspecified atom stereocenters. The summed E-state index contributed by atoms with van der Waals surface area (Å²) in [5.74, 6) is 1.06. The predicted molar refractivity (Wildman–Crippen MR) is 84.9 cm³/mol. The second kappa shape index (κ2) is 5.92. The van der Waals surface area contributed by atoms with Gasteiger partial charge < -0.3 is 9.47 Å². The van der Waals surface area contributed by atoms with Crippen molar-refractivity contribution in [1.82, 2.24) is 0 Å². The van der Waals surface area contributed by atoms with Crippen molar-refractivity contribution in [3.8, 4) is 11.5 Å². The molecule has 23 heavy (non-hydrogen) atoms. The molecule has 0 bridgehead atoms. The number of carbonyl (C=O) groups is 1. The molecule has 2 aromatic rings. The number of sulfonamides is 1. The third-order valence-corrected chi connectivity index (χ3v) is 5.42. The van der Waals surface area contributed by atoms with Gasteiger partial charge in [-0.15, -0.1) is 0 Å². The van der Waals surface area contributed by atoms with E-state index >= 15 is 0 Å². The van der Waals surface area contributed by atoms with Crippen LogP contribution in [0.3, 0.4) is 0 Å². The highest BCUT2D eigenvalue weighted by atomic mass is 32.2. The first-order valence-electron chi connectivity index (χ1n) is 6.95. The Hall–Kier alpha value is -2.54. The highest BCUT2D eigenvalue weighted by molar-refractivity contribution is 7.92. The van der Waals surface area contributed by atoms with Crippen molar-refractivity contribution < 1.29 is 22.7 Å². The highest BCUT2D eigenvalue weighted by Gasteiger charge is 2.30. The number of fused-ring (bicyclic) bond motifs is 1. The topological polar surface area (TPSA) is 72.9 Å². The monoisotopic (exact) mass is 333 g/mol. The second-order valence-corrected chi connectivity index (χ2v) is 6.81. The normalized spacial score (nSPS) is 13.9. The molecule has 0 radical (unpaired) electrons. The first kappa shape index (κ1) is 15.4. The van der Waals surface area contributed by atoms with Gasteiger partial charge in [0.25, 0.3) is 10.0 Å². The Kier molecular flexibility index (Phi) is 3.96. The SMILES string of the molecule is COc1ccc2c(c1)OCCN2S(=O)(=O)c1ccc(C=O)cc1. The van der Waals surface area contributed by atoms with E-state index in [2.05, 4.69) is 0 Å². The van der Waals surface area contributed by atoms with Gasteiger partial charge in [0.2, 0.25) is 0 Å². The number of carbonyl (C=O) groups excluding carboxylic acids is 1. The van der Waals surface area contributed by atoms with Crippen molar-refractivity contribution >= 4 is 22.0 Å². The molecule has 0 N–H and O–H groups in total. The van der Waals surface area contributed by atoms with Crippen LogP contribution in [0.25, 0.3) is 0 Å². The lowest BCUT2D eigenvalue weighted by Gasteiger charge is -2.30.